The van der Waals surface area contributed by atoms with Gasteiger partial charge in [0, 0.05) is 16.3 Å². The summed E-state index contributed by atoms with van der Waals surface area (Å²) in [5, 5.41) is 11.7. The topological polar surface area (TPSA) is 76.1 Å². The normalized spacial score (nSPS) is 17.2. The van der Waals surface area contributed by atoms with E-state index in [-0.39, 0.29) is 11.3 Å². The van der Waals surface area contributed by atoms with Gasteiger partial charge in [0.2, 0.25) is 0 Å². The maximum Gasteiger partial charge on any atom is 0.300 e. The van der Waals surface area contributed by atoms with Crippen LogP contribution in [0.1, 0.15) is 29.7 Å². The standard InChI is InChI=1S/C27H24ClNO5/c1-4-34-21-13-10-18(15-22(21)33-3)24-23(25(30)17-8-11-19(28)12-9-17)26(31)27(32)29(24)20-7-5-6-16(2)14-20/h5-15,24,30H,4H2,1-3H3/b25-23-. The van der Waals surface area contributed by atoms with Gasteiger partial charge >= 0.3 is 0 Å². The number of aliphatic hydroxyl groups is 1. The Morgan fingerprint density at radius 3 is 2.41 bits per heavy atom. The number of carbonyl (C=O) groups is 2. The molecule has 1 atom stereocenters. The first-order chi connectivity index (χ1) is 16.3. The number of hydrogen-bond donors (Lipinski definition) is 1. The van der Waals surface area contributed by atoms with Crippen molar-refractivity contribution >= 4 is 34.7 Å². The molecule has 1 N–H and O–H groups in total. The molecule has 4 rings (SSSR count). The Morgan fingerprint density at radius 2 is 1.76 bits per heavy atom. The highest BCUT2D eigenvalue weighted by molar-refractivity contribution is 6.51. The van der Waals surface area contributed by atoms with E-state index in [9.17, 15) is 14.7 Å². The van der Waals surface area contributed by atoms with Gasteiger partial charge < -0.3 is 14.6 Å². The van der Waals surface area contributed by atoms with Crippen molar-refractivity contribution in [2.24, 2.45) is 0 Å². The van der Waals surface area contributed by atoms with Gasteiger partial charge in [-0.05, 0) is 73.5 Å². The van der Waals surface area contributed by atoms with Crippen molar-refractivity contribution in [3.63, 3.8) is 0 Å². The summed E-state index contributed by atoms with van der Waals surface area (Å²) < 4.78 is 11.1. The molecule has 7 heteroatoms. The zero-order valence-electron chi connectivity index (χ0n) is 19.0. The average Bonchev–Trinajstić information content (AvgIpc) is 3.10. The maximum absolute atomic E-state index is 13.3. The summed E-state index contributed by atoms with van der Waals surface area (Å²) in [5.74, 6) is -0.770. The van der Waals surface area contributed by atoms with E-state index >= 15 is 0 Å². The summed E-state index contributed by atoms with van der Waals surface area (Å²) >= 11 is 5.99. The van der Waals surface area contributed by atoms with Gasteiger partial charge in [-0.2, -0.15) is 0 Å². The summed E-state index contributed by atoms with van der Waals surface area (Å²) in [6.07, 6.45) is 0. The molecular formula is C27H24ClNO5. The van der Waals surface area contributed by atoms with Gasteiger partial charge in [-0.15, -0.1) is 0 Å². The van der Waals surface area contributed by atoms with Crippen molar-refractivity contribution in [1.82, 2.24) is 0 Å². The van der Waals surface area contributed by atoms with E-state index in [1.54, 1.807) is 48.5 Å². The summed E-state index contributed by atoms with van der Waals surface area (Å²) in [7, 11) is 1.52. The van der Waals surface area contributed by atoms with Gasteiger partial charge in [-0.3, -0.25) is 14.5 Å². The van der Waals surface area contributed by atoms with Crippen LogP contribution in [0, 0.1) is 6.92 Å². The van der Waals surface area contributed by atoms with E-state index in [4.69, 9.17) is 21.1 Å². The van der Waals surface area contributed by atoms with Crippen LogP contribution in [-0.4, -0.2) is 30.5 Å². The van der Waals surface area contributed by atoms with Gasteiger partial charge in [0.25, 0.3) is 11.7 Å². The minimum atomic E-state index is -0.873. The molecule has 3 aromatic rings. The van der Waals surface area contributed by atoms with Crippen LogP contribution in [0.2, 0.25) is 5.02 Å². The van der Waals surface area contributed by atoms with Crippen molar-refractivity contribution in [3.05, 3.63) is 94.0 Å². The lowest BCUT2D eigenvalue weighted by molar-refractivity contribution is -0.132. The van der Waals surface area contributed by atoms with Crippen LogP contribution in [0.15, 0.2) is 72.3 Å². The summed E-state index contributed by atoms with van der Waals surface area (Å²) in [6, 6.07) is 18.1. The third-order valence-corrected chi connectivity index (χ3v) is 5.90. The number of benzene rings is 3. The summed E-state index contributed by atoms with van der Waals surface area (Å²) in [5.41, 5.74) is 2.45. The van der Waals surface area contributed by atoms with Crippen molar-refractivity contribution in [1.29, 1.82) is 0 Å². The Kier molecular flexibility index (Phi) is 6.61. The third-order valence-electron chi connectivity index (χ3n) is 5.65. The summed E-state index contributed by atoms with van der Waals surface area (Å²) in [6.45, 7) is 4.23. The molecule has 3 aromatic carbocycles. The number of nitrogens with zero attached hydrogens (tertiary/aromatic N) is 1. The molecule has 0 aromatic heterocycles. The molecule has 1 heterocycles. The highest BCUT2D eigenvalue weighted by Crippen LogP contribution is 2.44. The van der Waals surface area contributed by atoms with Crippen molar-refractivity contribution < 1.29 is 24.2 Å². The van der Waals surface area contributed by atoms with Gasteiger partial charge in [0.05, 0.1) is 25.3 Å². The third kappa shape index (κ3) is 4.24. The van der Waals surface area contributed by atoms with Gasteiger partial charge in [-0.1, -0.05) is 29.8 Å². The number of Topliss-reactive ketones (excluding diaryl/α,β-unsaturated/α-hetero) is 1. The smallest absolute Gasteiger partial charge is 0.300 e. The molecule has 1 amide bonds. The van der Waals surface area contributed by atoms with Gasteiger partial charge in [0.1, 0.15) is 5.76 Å². The van der Waals surface area contributed by atoms with E-state index in [2.05, 4.69) is 0 Å². The number of aliphatic hydroxyl groups excluding tert-OH is 1. The SMILES string of the molecule is CCOc1ccc(C2/C(=C(/O)c3ccc(Cl)cc3)C(=O)C(=O)N2c2cccc(C)c2)cc1OC. The van der Waals surface area contributed by atoms with E-state index in [0.29, 0.717) is 39.9 Å². The van der Waals surface area contributed by atoms with Crippen LogP contribution >= 0.6 is 11.6 Å². The van der Waals surface area contributed by atoms with Crippen molar-refractivity contribution in [2.75, 3.05) is 18.6 Å². The molecule has 0 radical (unpaired) electrons. The predicted molar refractivity (Wildman–Crippen MR) is 132 cm³/mol. The van der Waals surface area contributed by atoms with E-state index in [0.717, 1.165) is 5.56 Å². The average molecular weight is 478 g/mol. The first-order valence-electron chi connectivity index (χ1n) is 10.8. The number of ketones is 1. The van der Waals surface area contributed by atoms with Crippen LogP contribution < -0.4 is 14.4 Å². The molecule has 1 aliphatic heterocycles. The zero-order chi connectivity index (χ0) is 24.4. The Hall–Kier alpha value is -3.77. The second-order valence-corrected chi connectivity index (χ2v) is 8.29. The lowest BCUT2D eigenvalue weighted by atomic mass is 9.94. The fourth-order valence-corrected chi connectivity index (χ4v) is 4.21. The highest BCUT2D eigenvalue weighted by atomic mass is 35.5. The Balaban J connectivity index is 1.95. The lowest BCUT2D eigenvalue weighted by Gasteiger charge is -2.26. The molecule has 34 heavy (non-hydrogen) atoms. The van der Waals surface area contributed by atoms with E-state index in [1.165, 1.54) is 12.0 Å². The number of hydrogen-bond acceptors (Lipinski definition) is 5. The second-order valence-electron chi connectivity index (χ2n) is 7.86. The largest absolute Gasteiger partial charge is 0.507 e. The first kappa shape index (κ1) is 23.4. The molecule has 6 nitrogen and oxygen atoms in total. The Morgan fingerprint density at radius 1 is 1.03 bits per heavy atom. The highest BCUT2D eigenvalue weighted by Gasteiger charge is 2.47. The molecule has 1 aliphatic rings. The lowest BCUT2D eigenvalue weighted by Crippen LogP contribution is -2.29. The molecule has 0 bridgehead atoms. The quantitative estimate of drug-likeness (QED) is 0.281. The number of carbonyl (C=O) groups excluding carboxylic acids is 2. The van der Waals surface area contributed by atoms with Crippen LogP contribution in [0.3, 0.4) is 0 Å². The number of halogens is 1. The predicted octanol–water partition coefficient (Wildman–Crippen LogP) is 5.68. The first-order valence-corrected chi connectivity index (χ1v) is 11.2. The molecule has 0 spiro atoms. The number of amides is 1. The minimum absolute atomic E-state index is 0.0139. The zero-order valence-corrected chi connectivity index (χ0v) is 19.8. The van der Waals surface area contributed by atoms with E-state index in [1.807, 2.05) is 32.0 Å². The van der Waals surface area contributed by atoms with Crippen LogP contribution in [0.4, 0.5) is 5.69 Å². The number of rotatable bonds is 6. The fraction of sp³-hybridized carbons (Fsp3) is 0.185. The van der Waals surface area contributed by atoms with Crippen molar-refractivity contribution in [2.45, 2.75) is 19.9 Å². The Bertz CT molecular complexity index is 1280. The van der Waals surface area contributed by atoms with Gasteiger partial charge in [-0.25, -0.2) is 0 Å². The molecule has 1 fully saturated rings. The van der Waals surface area contributed by atoms with Crippen molar-refractivity contribution in [3.8, 4) is 11.5 Å². The van der Waals surface area contributed by atoms with Crippen LogP contribution in [0.5, 0.6) is 11.5 Å². The molecular weight excluding hydrogens is 454 g/mol. The Labute approximate surface area is 203 Å². The fourth-order valence-electron chi connectivity index (χ4n) is 4.08. The summed E-state index contributed by atoms with van der Waals surface area (Å²) in [4.78, 5) is 28.0. The molecule has 0 saturated carbocycles. The monoisotopic (exact) mass is 477 g/mol. The van der Waals surface area contributed by atoms with Gasteiger partial charge in [0.15, 0.2) is 11.5 Å². The molecule has 174 valence electrons. The molecule has 1 saturated heterocycles. The second kappa shape index (κ2) is 9.61. The number of anilines is 1. The van der Waals surface area contributed by atoms with Crippen LogP contribution in [-0.2, 0) is 9.59 Å². The number of aryl methyl sites for hydroxylation is 1. The van der Waals surface area contributed by atoms with Crippen LogP contribution in [0.25, 0.3) is 5.76 Å². The number of ether oxygens (including phenoxy) is 2. The van der Waals surface area contributed by atoms with E-state index < -0.39 is 17.7 Å². The molecule has 1 unspecified atom stereocenters. The maximum atomic E-state index is 13.3. The number of methoxy groups -OCH3 is 1. The minimum Gasteiger partial charge on any atom is -0.507 e. The molecule has 0 aliphatic carbocycles.